The van der Waals surface area contributed by atoms with E-state index < -0.39 is 0 Å². The van der Waals surface area contributed by atoms with Gasteiger partial charge in [0.15, 0.2) is 5.82 Å². The molecule has 2 heterocycles. The van der Waals surface area contributed by atoms with Gasteiger partial charge >= 0.3 is 0 Å². The fraction of sp³-hybridized carbons (Fsp3) is 0.429. The summed E-state index contributed by atoms with van der Waals surface area (Å²) in [7, 11) is 1.60. The van der Waals surface area contributed by atoms with Gasteiger partial charge in [-0.1, -0.05) is 13.0 Å². The largest absolute Gasteiger partial charge is 0.489 e. The van der Waals surface area contributed by atoms with Crippen molar-refractivity contribution in [1.82, 2.24) is 9.97 Å². The van der Waals surface area contributed by atoms with Gasteiger partial charge in [-0.05, 0) is 17.9 Å². The highest BCUT2D eigenvalue weighted by Crippen LogP contribution is 2.30. The van der Waals surface area contributed by atoms with Crippen molar-refractivity contribution in [2.75, 3.05) is 25.6 Å². The lowest BCUT2D eigenvalue weighted by Gasteiger charge is -2.13. The molecule has 0 atom stereocenters. The summed E-state index contributed by atoms with van der Waals surface area (Å²) in [6.45, 7) is 3.50. The molecule has 0 saturated heterocycles. The van der Waals surface area contributed by atoms with Gasteiger partial charge < -0.3 is 14.8 Å². The first-order valence-electron chi connectivity index (χ1n) is 6.63. The maximum absolute atomic E-state index is 5.71. The molecule has 0 amide bonds. The summed E-state index contributed by atoms with van der Waals surface area (Å²) in [5.74, 6) is 1.72. The standard InChI is InChI=1S/C14H19N3O2S/c1-3-7-15-13-12(18-2)14(17-10-16-13)19-8-6-11-5-4-9-20-11/h4-5,9-10H,3,6-8H2,1-2H3,(H,15,16,17). The molecule has 108 valence electrons. The zero-order valence-corrected chi connectivity index (χ0v) is 12.6. The maximum Gasteiger partial charge on any atom is 0.262 e. The second-order valence-corrected chi connectivity index (χ2v) is 5.20. The molecule has 6 heteroatoms. The number of hydrogen-bond donors (Lipinski definition) is 1. The van der Waals surface area contributed by atoms with E-state index in [4.69, 9.17) is 9.47 Å². The number of methoxy groups -OCH3 is 1. The number of ether oxygens (including phenoxy) is 2. The van der Waals surface area contributed by atoms with Crippen molar-refractivity contribution in [3.63, 3.8) is 0 Å². The first-order chi connectivity index (χ1) is 9.85. The third-order valence-corrected chi connectivity index (χ3v) is 3.62. The van der Waals surface area contributed by atoms with E-state index in [0.717, 1.165) is 19.4 Å². The Morgan fingerprint density at radius 1 is 1.35 bits per heavy atom. The van der Waals surface area contributed by atoms with Crippen molar-refractivity contribution in [2.24, 2.45) is 0 Å². The highest BCUT2D eigenvalue weighted by atomic mass is 32.1. The second-order valence-electron chi connectivity index (χ2n) is 4.17. The van der Waals surface area contributed by atoms with E-state index in [1.807, 2.05) is 6.07 Å². The fourth-order valence-corrected chi connectivity index (χ4v) is 2.41. The molecule has 0 unspecified atom stereocenters. The fourth-order valence-electron chi connectivity index (χ4n) is 1.72. The van der Waals surface area contributed by atoms with Crippen LogP contribution in [-0.4, -0.2) is 30.2 Å². The lowest BCUT2D eigenvalue weighted by atomic mass is 10.4. The van der Waals surface area contributed by atoms with Gasteiger partial charge in [-0.2, -0.15) is 4.98 Å². The van der Waals surface area contributed by atoms with Crippen LogP contribution in [0.4, 0.5) is 5.82 Å². The Balaban J connectivity index is 1.99. The minimum absolute atomic E-state index is 0.484. The lowest BCUT2D eigenvalue weighted by molar-refractivity contribution is 0.286. The molecule has 1 N–H and O–H groups in total. The predicted octanol–water partition coefficient (Wildman–Crippen LogP) is 2.99. The summed E-state index contributed by atoms with van der Waals surface area (Å²) in [5.41, 5.74) is 0. The monoisotopic (exact) mass is 293 g/mol. The minimum Gasteiger partial charge on any atom is -0.489 e. The van der Waals surface area contributed by atoms with Gasteiger partial charge in [0.05, 0.1) is 13.7 Å². The van der Waals surface area contributed by atoms with Crippen molar-refractivity contribution < 1.29 is 9.47 Å². The van der Waals surface area contributed by atoms with Crippen LogP contribution in [0.3, 0.4) is 0 Å². The molecule has 0 aliphatic rings. The average Bonchev–Trinajstić information content (AvgIpc) is 2.98. The Kier molecular flexibility index (Phi) is 5.61. The summed E-state index contributed by atoms with van der Waals surface area (Å²) in [5, 5.41) is 5.27. The Morgan fingerprint density at radius 3 is 2.95 bits per heavy atom. The smallest absolute Gasteiger partial charge is 0.262 e. The van der Waals surface area contributed by atoms with E-state index in [1.54, 1.807) is 18.4 Å². The summed E-state index contributed by atoms with van der Waals surface area (Å²) in [4.78, 5) is 9.62. The van der Waals surface area contributed by atoms with Gasteiger partial charge in [-0.3, -0.25) is 0 Å². The van der Waals surface area contributed by atoms with Gasteiger partial charge in [0.2, 0.25) is 5.75 Å². The molecule has 0 radical (unpaired) electrons. The van der Waals surface area contributed by atoms with E-state index in [0.29, 0.717) is 24.1 Å². The third kappa shape index (κ3) is 3.84. The highest BCUT2D eigenvalue weighted by molar-refractivity contribution is 7.09. The van der Waals surface area contributed by atoms with Gasteiger partial charge in [-0.15, -0.1) is 11.3 Å². The van der Waals surface area contributed by atoms with Crippen LogP contribution in [0.15, 0.2) is 23.8 Å². The predicted molar refractivity (Wildman–Crippen MR) is 80.9 cm³/mol. The second kappa shape index (κ2) is 7.69. The molecule has 2 aromatic rings. The summed E-state index contributed by atoms with van der Waals surface area (Å²) in [6.07, 6.45) is 3.37. The van der Waals surface area contributed by atoms with Gasteiger partial charge in [0.25, 0.3) is 5.88 Å². The van der Waals surface area contributed by atoms with Gasteiger partial charge in [-0.25, -0.2) is 4.98 Å². The summed E-state index contributed by atoms with van der Waals surface area (Å²) >= 11 is 1.73. The lowest BCUT2D eigenvalue weighted by Crippen LogP contribution is -2.08. The van der Waals surface area contributed by atoms with Crippen LogP contribution in [0.2, 0.25) is 0 Å². The topological polar surface area (TPSA) is 56.3 Å². The van der Waals surface area contributed by atoms with Crippen LogP contribution in [0.25, 0.3) is 0 Å². The van der Waals surface area contributed by atoms with Crippen LogP contribution in [0.1, 0.15) is 18.2 Å². The minimum atomic E-state index is 0.484. The third-order valence-electron chi connectivity index (χ3n) is 2.69. The molecule has 0 aliphatic heterocycles. The Labute approximate surface area is 123 Å². The van der Waals surface area contributed by atoms with Crippen molar-refractivity contribution in [3.05, 3.63) is 28.7 Å². The average molecular weight is 293 g/mol. The highest BCUT2D eigenvalue weighted by Gasteiger charge is 2.13. The Morgan fingerprint density at radius 2 is 2.25 bits per heavy atom. The number of anilines is 1. The Bertz CT molecular complexity index is 517. The van der Waals surface area contributed by atoms with E-state index in [2.05, 4.69) is 33.7 Å². The number of rotatable bonds is 8. The van der Waals surface area contributed by atoms with E-state index in [-0.39, 0.29) is 0 Å². The molecule has 2 rings (SSSR count). The Hall–Kier alpha value is -1.82. The molecule has 0 aromatic carbocycles. The van der Waals surface area contributed by atoms with Crippen LogP contribution < -0.4 is 14.8 Å². The number of thiophene rings is 1. The number of nitrogens with zero attached hydrogens (tertiary/aromatic N) is 2. The zero-order chi connectivity index (χ0) is 14.2. The maximum atomic E-state index is 5.71. The SMILES string of the molecule is CCCNc1ncnc(OCCc2cccs2)c1OC. The van der Waals surface area contributed by atoms with E-state index in [1.165, 1.54) is 11.2 Å². The van der Waals surface area contributed by atoms with Gasteiger partial charge in [0.1, 0.15) is 6.33 Å². The zero-order valence-electron chi connectivity index (χ0n) is 11.8. The molecule has 0 fully saturated rings. The normalized spacial score (nSPS) is 10.3. The molecule has 0 saturated carbocycles. The van der Waals surface area contributed by atoms with Crippen LogP contribution >= 0.6 is 11.3 Å². The summed E-state index contributed by atoms with van der Waals surface area (Å²) < 4.78 is 11.1. The summed E-state index contributed by atoms with van der Waals surface area (Å²) in [6, 6.07) is 4.14. The van der Waals surface area contributed by atoms with Crippen molar-refractivity contribution in [3.8, 4) is 11.6 Å². The first kappa shape index (κ1) is 14.6. The van der Waals surface area contributed by atoms with Gasteiger partial charge in [0, 0.05) is 17.8 Å². The number of aromatic nitrogens is 2. The molecule has 0 aliphatic carbocycles. The molecule has 2 aromatic heterocycles. The molecular weight excluding hydrogens is 274 g/mol. The number of nitrogens with one attached hydrogen (secondary N) is 1. The van der Waals surface area contributed by atoms with Crippen LogP contribution in [0, 0.1) is 0 Å². The van der Waals surface area contributed by atoms with Crippen molar-refractivity contribution >= 4 is 17.2 Å². The molecule has 0 spiro atoms. The molecule has 0 bridgehead atoms. The van der Waals surface area contributed by atoms with Crippen LogP contribution in [0.5, 0.6) is 11.6 Å². The molecular formula is C14H19N3O2S. The van der Waals surface area contributed by atoms with E-state index in [9.17, 15) is 0 Å². The molecule has 5 nitrogen and oxygen atoms in total. The van der Waals surface area contributed by atoms with Crippen LogP contribution in [-0.2, 0) is 6.42 Å². The van der Waals surface area contributed by atoms with Crippen molar-refractivity contribution in [1.29, 1.82) is 0 Å². The first-order valence-corrected chi connectivity index (χ1v) is 7.51. The quantitative estimate of drug-likeness (QED) is 0.811. The van der Waals surface area contributed by atoms with Crippen molar-refractivity contribution in [2.45, 2.75) is 19.8 Å². The molecule has 20 heavy (non-hydrogen) atoms. The number of hydrogen-bond acceptors (Lipinski definition) is 6. The van der Waals surface area contributed by atoms with E-state index >= 15 is 0 Å².